The molecule has 15 heavy (non-hydrogen) atoms. The maximum atomic E-state index is 9.70. The Labute approximate surface area is 91.1 Å². The van der Waals surface area contributed by atoms with E-state index in [-0.39, 0.29) is 6.10 Å². The lowest BCUT2D eigenvalue weighted by Crippen LogP contribution is -2.10. The number of hydrogen-bond acceptors (Lipinski definition) is 3. The Bertz CT molecular complexity index is 271. The van der Waals surface area contributed by atoms with Gasteiger partial charge in [-0.3, -0.25) is 0 Å². The molecule has 0 amide bonds. The normalized spacial score (nSPS) is 12.5. The lowest BCUT2D eigenvalue weighted by molar-refractivity contribution is 0.161. The van der Waals surface area contributed by atoms with Crippen molar-refractivity contribution >= 4 is 0 Å². The maximum absolute atomic E-state index is 9.70. The van der Waals surface area contributed by atoms with E-state index in [0.717, 1.165) is 24.8 Å². The second-order valence-corrected chi connectivity index (χ2v) is 3.71. The van der Waals surface area contributed by atoms with E-state index in [9.17, 15) is 5.11 Å². The Kier molecular flexibility index (Phi) is 5.12. The van der Waals surface area contributed by atoms with Crippen LogP contribution in [0.5, 0.6) is 5.88 Å². The molecule has 0 bridgehead atoms. The molecule has 1 atom stereocenters. The largest absolute Gasteiger partial charge is 0.481 e. The number of aliphatic hydroxyl groups is 1. The van der Waals surface area contributed by atoms with Crippen molar-refractivity contribution in [1.82, 2.24) is 4.98 Å². The van der Waals surface area contributed by atoms with Gasteiger partial charge in [0.15, 0.2) is 0 Å². The minimum atomic E-state index is -0.250. The summed E-state index contributed by atoms with van der Waals surface area (Å²) in [6, 6.07) is 3.77. The van der Waals surface area contributed by atoms with Crippen LogP contribution in [0.1, 0.15) is 31.7 Å². The van der Waals surface area contributed by atoms with Gasteiger partial charge in [-0.1, -0.05) is 25.8 Å². The van der Waals surface area contributed by atoms with E-state index in [1.165, 1.54) is 0 Å². The van der Waals surface area contributed by atoms with Gasteiger partial charge in [0.05, 0.1) is 13.2 Å². The molecule has 3 nitrogen and oxygen atoms in total. The Morgan fingerprint density at radius 3 is 2.80 bits per heavy atom. The fraction of sp³-hybridized carbons (Fsp3) is 0.583. The molecule has 1 rings (SSSR count). The number of hydrogen-bond donors (Lipinski definition) is 1. The molecule has 0 saturated heterocycles. The molecular formula is C12H19NO2. The third-order valence-corrected chi connectivity index (χ3v) is 2.37. The molecule has 1 unspecified atom stereocenters. The first-order valence-corrected chi connectivity index (χ1v) is 5.43. The van der Waals surface area contributed by atoms with E-state index < -0.39 is 0 Å². The van der Waals surface area contributed by atoms with Gasteiger partial charge in [0.1, 0.15) is 0 Å². The van der Waals surface area contributed by atoms with Crippen LogP contribution in [0.2, 0.25) is 0 Å². The molecule has 0 radical (unpaired) electrons. The molecule has 3 heteroatoms. The summed E-state index contributed by atoms with van der Waals surface area (Å²) in [6.07, 6.45) is 5.25. The standard InChI is InChI=1S/C12H19NO2/c1-3-4-5-11(14)8-10-6-7-12(15-2)13-9-10/h6-7,9,11,14H,3-5,8H2,1-2H3. The van der Waals surface area contributed by atoms with Crippen molar-refractivity contribution in [1.29, 1.82) is 0 Å². The first-order valence-electron chi connectivity index (χ1n) is 5.43. The van der Waals surface area contributed by atoms with Crippen molar-refractivity contribution in [2.24, 2.45) is 0 Å². The molecule has 1 aromatic rings. The van der Waals surface area contributed by atoms with Gasteiger partial charge in [-0.25, -0.2) is 4.98 Å². The van der Waals surface area contributed by atoms with Crippen LogP contribution in [-0.4, -0.2) is 23.3 Å². The fourth-order valence-corrected chi connectivity index (χ4v) is 1.47. The van der Waals surface area contributed by atoms with Gasteiger partial charge >= 0.3 is 0 Å². The van der Waals surface area contributed by atoms with Gasteiger partial charge in [-0.15, -0.1) is 0 Å². The van der Waals surface area contributed by atoms with Crippen LogP contribution < -0.4 is 4.74 Å². The minimum absolute atomic E-state index is 0.250. The maximum Gasteiger partial charge on any atom is 0.212 e. The number of unbranched alkanes of at least 4 members (excludes halogenated alkanes) is 1. The van der Waals surface area contributed by atoms with Gasteiger partial charge in [0.2, 0.25) is 5.88 Å². The van der Waals surface area contributed by atoms with Crippen LogP contribution in [0.3, 0.4) is 0 Å². The Balaban J connectivity index is 2.42. The Morgan fingerprint density at radius 2 is 2.27 bits per heavy atom. The first kappa shape index (κ1) is 12.0. The Morgan fingerprint density at radius 1 is 1.47 bits per heavy atom. The highest BCUT2D eigenvalue weighted by Gasteiger charge is 2.05. The molecule has 0 fully saturated rings. The highest BCUT2D eigenvalue weighted by Crippen LogP contribution is 2.11. The van der Waals surface area contributed by atoms with Gasteiger partial charge < -0.3 is 9.84 Å². The van der Waals surface area contributed by atoms with Crippen molar-refractivity contribution in [3.8, 4) is 5.88 Å². The summed E-state index contributed by atoms with van der Waals surface area (Å²) in [5.41, 5.74) is 1.06. The molecule has 1 heterocycles. The second-order valence-electron chi connectivity index (χ2n) is 3.71. The van der Waals surface area contributed by atoms with E-state index in [1.807, 2.05) is 12.1 Å². The second kappa shape index (κ2) is 6.40. The van der Waals surface area contributed by atoms with Crippen LogP contribution in [0, 0.1) is 0 Å². The van der Waals surface area contributed by atoms with Gasteiger partial charge in [0, 0.05) is 12.3 Å². The van der Waals surface area contributed by atoms with Gasteiger partial charge in [0.25, 0.3) is 0 Å². The van der Waals surface area contributed by atoms with E-state index in [2.05, 4.69) is 11.9 Å². The third-order valence-electron chi connectivity index (χ3n) is 2.37. The number of ether oxygens (including phenoxy) is 1. The molecule has 0 aliphatic heterocycles. The summed E-state index contributed by atoms with van der Waals surface area (Å²) in [5, 5.41) is 9.70. The number of aromatic nitrogens is 1. The van der Waals surface area contributed by atoms with Crippen LogP contribution in [0.25, 0.3) is 0 Å². The Hall–Kier alpha value is -1.09. The predicted molar refractivity (Wildman–Crippen MR) is 60.0 cm³/mol. The summed E-state index contributed by atoms with van der Waals surface area (Å²) in [6.45, 7) is 2.13. The van der Waals surface area contributed by atoms with Crippen molar-refractivity contribution < 1.29 is 9.84 Å². The quantitative estimate of drug-likeness (QED) is 0.781. The zero-order valence-electron chi connectivity index (χ0n) is 9.44. The molecular weight excluding hydrogens is 190 g/mol. The van der Waals surface area contributed by atoms with Gasteiger partial charge in [-0.05, 0) is 18.4 Å². The average Bonchev–Trinajstić information content (AvgIpc) is 2.27. The zero-order valence-corrected chi connectivity index (χ0v) is 9.44. The van der Waals surface area contributed by atoms with Crippen molar-refractivity contribution in [2.75, 3.05) is 7.11 Å². The van der Waals surface area contributed by atoms with E-state index in [4.69, 9.17) is 4.74 Å². The summed E-state index contributed by atoms with van der Waals surface area (Å²) in [5.74, 6) is 0.613. The van der Waals surface area contributed by atoms with Crippen molar-refractivity contribution in [3.05, 3.63) is 23.9 Å². The molecule has 0 aliphatic rings. The summed E-state index contributed by atoms with van der Waals surface area (Å²) in [7, 11) is 1.60. The van der Waals surface area contributed by atoms with E-state index in [1.54, 1.807) is 13.3 Å². The molecule has 0 saturated carbocycles. The monoisotopic (exact) mass is 209 g/mol. The predicted octanol–water partition coefficient (Wildman–Crippen LogP) is 2.18. The number of rotatable bonds is 6. The summed E-state index contributed by atoms with van der Waals surface area (Å²) in [4.78, 5) is 4.10. The SMILES string of the molecule is CCCCC(O)Cc1ccc(OC)nc1. The van der Waals surface area contributed by atoms with Crippen LogP contribution in [-0.2, 0) is 6.42 Å². The summed E-state index contributed by atoms with van der Waals surface area (Å²) >= 11 is 0. The molecule has 1 N–H and O–H groups in total. The summed E-state index contributed by atoms with van der Waals surface area (Å²) < 4.78 is 4.97. The van der Waals surface area contributed by atoms with Crippen molar-refractivity contribution in [2.45, 2.75) is 38.7 Å². The van der Waals surface area contributed by atoms with Gasteiger partial charge in [-0.2, -0.15) is 0 Å². The average molecular weight is 209 g/mol. The van der Waals surface area contributed by atoms with E-state index in [0.29, 0.717) is 12.3 Å². The number of aliphatic hydroxyl groups excluding tert-OH is 1. The fourth-order valence-electron chi connectivity index (χ4n) is 1.47. The number of pyridine rings is 1. The minimum Gasteiger partial charge on any atom is -0.481 e. The van der Waals surface area contributed by atoms with E-state index >= 15 is 0 Å². The van der Waals surface area contributed by atoms with Crippen LogP contribution >= 0.6 is 0 Å². The lowest BCUT2D eigenvalue weighted by Gasteiger charge is -2.09. The van der Waals surface area contributed by atoms with Crippen LogP contribution in [0.4, 0.5) is 0 Å². The molecule has 84 valence electrons. The smallest absolute Gasteiger partial charge is 0.212 e. The highest BCUT2D eigenvalue weighted by atomic mass is 16.5. The van der Waals surface area contributed by atoms with Crippen LogP contribution in [0.15, 0.2) is 18.3 Å². The molecule has 0 aromatic carbocycles. The zero-order chi connectivity index (χ0) is 11.1. The molecule has 0 aliphatic carbocycles. The lowest BCUT2D eigenvalue weighted by atomic mass is 10.1. The number of methoxy groups -OCH3 is 1. The van der Waals surface area contributed by atoms with Crippen molar-refractivity contribution in [3.63, 3.8) is 0 Å². The third kappa shape index (κ3) is 4.30. The molecule has 1 aromatic heterocycles. The first-order chi connectivity index (χ1) is 7.26. The topological polar surface area (TPSA) is 42.4 Å². The number of nitrogens with zero attached hydrogens (tertiary/aromatic N) is 1. The molecule has 0 spiro atoms. The highest BCUT2D eigenvalue weighted by molar-refractivity contribution is 5.18.